The van der Waals surface area contributed by atoms with Gasteiger partial charge in [0, 0.05) is 36.7 Å². The molecule has 0 spiro atoms. The standard InChI is InChI=1S/C18H25N3/c1-4-9-20-18(17-13-19-10-8-14(17)3)11-16-7-6-15(5-2)12-21-16/h6-8,10,12-13,18,20H,4-5,9,11H2,1-3H3. The van der Waals surface area contributed by atoms with Crippen LogP contribution in [-0.2, 0) is 12.8 Å². The van der Waals surface area contributed by atoms with E-state index in [0.29, 0.717) is 0 Å². The van der Waals surface area contributed by atoms with Gasteiger partial charge in [-0.15, -0.1) is 0 Å². The van der Waals surface area contributed by atoms with Crippen LogP contribution >= 0.6 is 0 Å². The molecule has 0 fully saturated rings. The zero-order valence-corrected chi connectivity index (χ0v) is 13.3. The van der Waals surface area contributed by atoms with E-state index in [2.05, 4.69) is 54.3 Å². The molecule has 3 nitrogen and oxygen atoms in total. The fourth-order valence-corrected chi connectivity index (χ4v) is 2.45. The summed E-state index contributed by atoms with van der Waals surface area (Å²) in [6.07, 6.45) is 8.87. The summed E-state index contributed by atoms with van der Waals surface area (Å²) in [6.45, 7) is 7.49. The number of pyridine rings is 2. The molecule has 0 saturated heterocycles. The molecule has 2 heterocycles. The van der Waals surface area contributed by atoms with Gasteiger partial charge in [0.25, 0.3) is 0 Å². The second-order valence-corrected chi connectivity index (χ2v) is 5.45. The predicted octanol–water partition coefficient (Wildman–Crippen LogP) is 3.63. The quantitative estimate of drug-likeness (QED) is 0.843. The van der Waals surface area contributed by atoms with Crippen LogP contribution in [0.2, 0.25) is 0 Å². The van der Waals surface area contributed by atoms with E-state index in [9.17, 15) is 0 Å². The lowest BCUT2D eigenvalue weighted by Crippen LogP contribution is -2.25. The molecule has 2 aromatic rings. The zero-order chi connectivity index (χ0) is 15.1. The van der Waals surface area contributed by atoms with E-state index in [-0.39, 0.29) is 6.04 Å². The third-order valence-electron chi connectivity index (χ3n) is 3.80. The van der Waals surface area contributed by atoms with Crippen molar-refractivity contribution in [3.05, 3.63) is 59.2 Å². The predicted molar refractivity (Wildman–Crippen MR) is 87.3 cm³/mol. The highest BCUT2D eigenvalue weighted by Gasteiger charge is 2.14. The first-order chi connectivity index (χ1) is 10.2. The van der Waals surface area contributed by atoms with Crippen LogP contribution in [0.4, 0.5) is 0 Å². The fourth-order valence-electron chi connectivity index (χ4n) is 2.45. The molecule has 0 saturated carbocycles. The average molecular weight is 283 g/mol. The minimum Gasteiger partial charge on any atom is -0.310 e. The highest BCUT2D eigenvalue weighted by Crippen LogP contribution is 2.20. The Hall–Kier alpha value is -1.74. The lowest BCUT2D eigenvalue weighted by molar-refractivity contribution is 0.521. The lowest BCUT2D eigenvalue weighted by atomic mass is 9.99. The Morgan fingerprint density at radius 1 is 1.14 bits per heavy atom. The van der Waals surface area contributed by atoms with Crippen molar-refractivity contribution in [1.82, 2.24) is 15.3 Å². The van der Waals surface area contributed by atoms with E-state index in [1.54, 1.807) is 0 Å². The van der Waals surface area contributed by atoms with Gasteiger partial charge >= 0.3 is 0 Å². The number of aromatic nitrogens is 2. The first-order valence-electron chi connectivity index (χ1n) is 7.82. The second-order valence-electron chi connectivity index (χ2n) is 5.45. The maximum Gasteiger partial charge on any atom is 0.0422 e. The van der Waals surface area contributed by atoms with Crippen molar-refractivity contribution in [3.63, 3.8) is 0 Å². The van der Waals surface area contributed by atoms with E-state index < -0.39 is 0 Å². The maximum absolute atomic E-state index is 4.59. The second kappa shape index (κ2) is 7.89. The van der Waals surface area contributed by atoms with Crippen molar-refractivity contribution in [2.75, 3.05) is 6.54 Å². The van der Waals surface area contributed by atoms with Crippen LogP contribution < -0.4 is 5.32 Å². The Morgan fingerprint density at radius 2 is 2.00 bits per heavy atom. The summed E-state index contributed by atoms with van der Waals surface area (Å²) in [5, 5.41) is 3.62. The van der Waals surface area contributed by atoms with Gasteiger partial charge in [-0.05, 0) is 55.1 Å². The Kier molecular flexibility index (Phi) is 5.88. The minimum atomic E-state index is 0.277. The van der Waals surface area contributed by atoms with E-state index in [1.807, 2.05) is 18.6 Å². The molecule has 21 heavy (non-hydrogen) atoms. The topological polar surface area (TPSA) is 37.8 Å². The van der Waals surface area contributed by atoms with Gasteiger partial charge in [0.1, 0.15) is 0 Å². The molecule has 0 bridgehead atoms. The third-order valence-corrected chi connectivity index (χ3v) is 3.80. The van der Waals surface area contributed by atoms with Crippen LogP contribution in [0, 0.1) is 6.92 Å². The molecule has 3 heteroatoms. The summed E-state index contributed by atoms with van der Waals surface area (Å²) in [4.78, 5) is 8.88. The molecule has 112 valence electrons. The normalized spacial score (nSPS) is 12.3. The smallest absolute Gasteiger partial charge is 0.0422 e. The number of aryl methyl sites for hydroxylation is 2. The minimum absolute atomic E-state index is 0.277. The van der Waals surface area contributed by atoms with E-state index in [1.165, 1.54) is 16.7 Å². The highest BCUT2D eigenvalue weighted by atomic mass is 14.9. The van der Waals surface area contributed by atoms with Crippen LogP contribution in [0.5, 0.6) is 0 Å². The van der Waals surface area contributed by atoms with Crippen molar-refractivity contribution < 1.29 is 0 Å². The molecule has 1 atom stereocenters. The number of hydrogen-bond donors (Lipinski definition) is 1. The molecule has 0 aliphatic carbocycles. The molecular formula is C18H25N3. The molecule has 0 aliphatic heterocycles. The number of nitrogens with zero attached hydrogens (tertiary/aromatic N) is 2. The highest BCUT2D eigenvalue weighted by molar-refractivity contribution is 5.27. The van der Waals surface area contributed by atoms with Crippen LogP contribution in [0.15, 0.2) is 36.8 Å². The van der Waals surface area contributed by atoms with Gasteiger partial charge in [-0.25, -0.2) is 0 Å². The molecule has 2 aromatic heterocycles. The van der Waals surface area contributed by atoms with Gasteiger partial charge < -0.3 is 5.32 Å². The van der Waals surface area contributed by atoms with Crippen LogP contribution in [0.25, 0.3) is 0 Å². The van der Waals surface area contributed by atoms with Gasteiger partial charge in [-0.1, -0.05) is 19.9 Å². The molecule has 1 unspecified atom stereocenters. The van der Waals surface area contributed by atoms with Gasteiger partial charge in [0.15, 0.2) is 0 Å². The van der Waals surface area contributed by atoms with Gasteiger partial charge in [0.2, 0.25) is 0 Å². The monoisotopic (exact) mass is 283 g/mol. The lowest BCUT2D eigenvalue weighted by Gasteiger charge is -2.20. The van der Waals surface area contributed by atoms with E-state index in [0.717, 1.165) is 31.5 Å². The van der Waals surface area contributed by atoms with Crippen molar-refractivity contribution in [3.8, 4) is 0 Å². The Morgan fingerprint density at radius 3 is 2.62 bits per heavy atom. The van der Waals surface area contributed by atoms with Crippen molar-refractivity contribution in [2.24, 2.45) is 0 Å². The molecule has 1 N–H and O–H groups in total. The zero-order valence-electron chi connectivity index (χ0n) is 13.3. The molecular weight excluding hydrogens is 258 g/mol. The summed E-state index contributed by atoms with van der Waals surface area (Å²) in [6, 6.07) is 6.67. The fraction of sp³-hybridized carbons (Fsp3) is 0.444. The molecule has 2 rings (SSSR count). The number of nitrogens with one attached hydrogen (secondary N) is 1. The van der Waals surface area contributed by atoms with E-state index >= 15 is 0 Å². The summed E-state index contributed by atoms with van der Waals surface area (Å²) < 4.78 is 0. The molecule has 0 radical (unpaired) electrons. The van der Waals surface area contributed by atoms with Crippen molar-refractivity contribution in [1.29, 1.82) is 0 Å². The average Bonchev–Trinajstić information content (AvgIpc) is 2.53. The summed E-state index contributed by atoms with van der Waals surface area (Å²) in [5.41, 5.74) is 4.97. The molecule has 0 amide bonds. The Balaban J connectivity index is 2.17. The first-order valence-corrected chi connectivity index (χ1v) is 7.82. The summed E-state index contributed by atoms with van der Waals surface area (Å²) >= 11 is 0. The largest absolute Gasteiger partial charge is 0.310 e. The van der Waals surface area contributed by atoms with Gasteiger partial charge in [-0.2, -0.15) is 0 Å². The number of rotatable bonds is 7. The third kappa shape index (κ3) is 4.36. The van der Waals surface area contributed by atoms with Crippen LogP contribution in [0.3, 0.4) is 0 Å². The number of hydrogen-bond acceptors (Lipinski definition) is 3. The maximum atomic E-state index is 4.59. The SMILES string of the molecule is CCCNC(Cc1ccc(CC)cn1)c1cnccc1C. The van der Waals surface area contributed by atoms with Crippen molar-refractivity contribution >= 4 is 0 Å². The van der Waals surface area contributed by atoms with Crippen LogP contribution in [-0.4, -0.2) is 16.5 Å². The first kappa shape index (κ1) is 15.6. The summed E-state index contributed by atoms with van der Waals surface area (Å²) in [5.74, 6) is 0. The van der Waals surface area contributed by atoms with Crippen molar-refractivity contribution in [2.45, 2.75) is 46.1 Å². The van der Waals surface area contributed by atoms with Gasteiger partial charge in [0.05, 0.1) is 0 Å². The van der Waals surface area contributed by atoms with E-state index in [4.69, 9.17) is 0 Å². The van der Waals surface area contributed by atoms with Gasteiger partial charge in [-0.3, -0.25) is 9.97 Å². The molecule has 0 aliphatic rings. The molecule has 0 aromatic carbocycles. The van der Waals surface area contributed by atoms with Crippen LogP contribution in [0.1, 0.15) is 48.7 Å². The summed E-state index contributed by atoms with van der Waals surface area (Å²) in [7, 11) is 0. The Bertz CT molecular complexity index is 549. The Labute approximate surface area is 127 Å².